The maximum absolute atomic E-state index is 13.6. The van der Waals surface area contributed by atoms with Crippen LogP contribution in [0.4, 0.5) is 0 Å². The van der Waals surface area contributed by atoms with E-state index in [-0.39, 0.29) is 17.2 Å². The van der Waals surface area contributed by atoms with Crippen molar-refractivity contribution in [2.75, 3.05) is 18.8 Å². The van der Waals surface area contributed by atoms with Crippen LogP contribution in [0.15, 0.2) is 34.2 Å². The zero-order valence-corrected chi connectivity index (χ0v) is 19.5. The Kier molecular flexibility index (Phi) is 6.51. The van der Waals surface area contributed by atoms with Crippen molar-refractivity contribution >= 4 is 50.8 Å². The van der Waals surface area contributed by atoms with E-state index in [0.717, 1.165) is 41.5 Å². The molecule has 0 bridgehead atoms. The molecule has 8 heteroatoms. The fraction of sp³-hybridized carbons (Fsp3) is 0.409. The molecule has 0 atom stereocenters. The molecule has 0 fully saturated rings. The zero-order valence-electron chi connectivity index (χ0n) is 17.1. The van der Waals surface area contributed by atoms with Crippen LogP contribution < -0.4 is 5.56 Å². The normalized spacial score (nSPS) is 13.4. The van der Waals surface area contributed by atoms with Crippen LogP contribution in [0.2, 0.25) is 5.02 Å². The second kappa shape index (κ2) is 9.12. The number of carbonyl (C=O) groups is 1. The molecule has 0 radical (unpaired) electrons. The molecule has 2 aromatic heterocycles. The van der Waals surface area contributed by atoms with Gasteiger partial charge in [0.1, 0.15) is 4.83 Å². The molecule has 0 N–H and O–H groups in total. The minimum Gasteiger partial charge on any atom is -0.343 e. The molecule has 2 heterocycles. The van der Waals surface area contributed by atoms with Gasteiger partial charge in [-0.2, -0.15) is 0 Å². The van der Waals surface area contributed by atoms with E-state index in [1.165, 1.54) is 16.6 Å². The third-order valence-electron chi connectivity index (χ3n) is 5.48. The molecule has 1 amide bonds. The van der Waals surface area contributed by atoms with Crippen molar-refractivity contribution in [1.82, 2.24) is 14.5 Å². The maximum Gasteiger partial charge on any atom is 0.267 e. The van der Waals surface area contributed by atoms with Gasteiger partial charge in [-0.1, -0.05) is 23.4 Å². The molecule has 0 spiro atoms. The summed E-state index contributed by atoms with van der Waals surface area (Å²) in [6.07, 6.45) is 4.21. The summed E-state index contributed by atoms with van der Waals surface area (Å²) in [5.41, 5.74) is 1.82. The SMILES string of the molecule is CCN(CC)C(=O)CSc1nc2sc3c(c2c(=O)n1-c1ccc(Cl)cc1)CCCC3. The van der Waals surface area contributed by atoms with Crippen LogP contribution in [0.25, 0.3) is 15.9 Å². The Morgan fingerprint density at radius 1 is 1.20 bits per heavy atom. The first-order valence-electron chi connectivity index (χ1n) is 10.3. The number of nitrogens with zero attached hydrogens (tertiary/aromatic N) is 3. The second-order valence-corrected chi connectivity index (χ2v) is 9.72. The predicted octanol–water partition coefficient (Wildman–Crippen LogP) is 4.94. The van der Waals surface area contributed by atoms with Gasteiger partial charge in [0.15, 0.2) is 5.16 Å². The summed E-state index contributed by atoms with van der Waals surface area (Å²) in [5.74, 6) is 0.297. The smallest absolute Gasteiger partial charge is 0.267 e. The largest absolute Gasteiger partial charge is 0.343 e. The van der Waals surface area contributed by atoms with E-state index >= 15 is 0 Å². The molecule has 1 aliphatic rings. The number of halogens is 1. The van der Waals surface area contributed by atoms with Gasteiger partial charge in [-0.3, -0.25) is 14.2 Å². The summed E-state index contributed by atoms with van der Waals surface area (Å²) in [4.78, 5) is 34.9. The highest BCUT2D eigenvalue weighted by Crippen LogP contribution is 2.35. The molecule has 30 heavy (non-hydrogen) atoms. The fourth-order valence-corrected chi connectivity index (χ4v) is 6.24. The van der Waals surface area contributed by atoms with Crippen molar-refractivity contribution in [1.29, 1.82) is 0 Å². The number of benzene rings is 1. The monoisotopic (exact) mass is 461 g/mol. The summed E-state index contributed by atoms with van der Waals surface area (Å²) in [5, 5.41) is 1.90. The average Bonchev–Trinajstić information content (AvgIpc) is 3.13. The zero-order chi connectivity index (χ0) is 21.3. The number of fused-ring (bicyclic) bond motifs is 3. The number of aromatic nitrogens is 2. The lowest BCUT2D eigenvalue weighted by molar-refractivity contribution is -0.127. The standard InChI is InChI=1S/C22H24ClN3O2S2/c1-3-25(4-2)18(27)13-29-22-24-20-19(16-7-5-6-8-17(16)30-20)21(28)26(22)15-11-9-14(23)10-12-15/h9-12H,3-8,13H2,1-2H3. The molecule has 4 rings (SSSR count). The molecule has 0 saturated carbocycles. The fourth-order valence-electron chi connectivity index (χ4n) is 3.89. The van der Waals surface area contributed by atoms with Gasteiger partial charge in [-0.05, 0) is 69.4 Å². The minimum atomic E-state index is -0.0560. The van der Waals surface area contributed by atoms with Crippen molar-refractivity contribution in [3.63, 3.8) is 0 Å². The number of hydrogen-bond acceptors (Lipinski definition) is 5. The number of aryl methyl sites for hydroxylation is 2. The number of amides is 1. The summed E-state index contributed by atoms with van der Waals surface area (Å²) in [7, 11) is 0. The quantitative estimate of drug-likeness (QED) is 0.385. The second-order valence-electron chi connectivity index (χ2n) is 7.26. The minimum absolute atomic E-state index is 0.0486. The van der Waals surface area contributed by atoms with Gasteiger partial charge in [-0.25, -0.2) is 4.98 Å². The molecule has 158 valence electrons. The van der Waals surface area contributed by atoms with Crippen LogP contribution in [-0.2, 0) is 17.6 Å². The molecule has 0 aliphatic heterocycles. The van der Waals surface area contributed by atoms with E-state index in [2.05, 4.69) is 0 Å². The average molecular weight is 462 g/mol. The Morgan fingerprint density at radius 2 is 1.90 bits per heavy atom. The third kappa shape index (κ3) is 4.03. The van der Waals surface area contributed by atoms with Gasteiger partial charge in [0.2, 0.25) is 5.91 Å². The van der Waals surface area contributed by atoms with E-state index in [1.54, 1.807) is 32.9 Å². The van der Waals surface area contributed by atoms with Crippen LogP contribution in [0.3, 0.4) is 0 Å². The van der Waals surface area contributed by atoms with E-state index in [4.69, 9.17) is 16.6 Å². The van der Waals surface area contributed by atoms with Crippen LogP contribution in [0, 0.1) is 0 Å². The summed E-state index contributed by atoms with van der Waals surface area (Å²) < 4.78 is 1.64. The molecular formula is C22H24ClN3O2S2. The van der Waals surface area contributed by atoms with Crippen LogP contribution in [-0.4, -0.2) is 39.2 Å². The Hall–Kier alpha value is -1.83. The lowest BCUT2D eigenvalue weighted by atomic mass is 9.97. The summed E-state index contributed by atoms with van der Waals surface area (Å²) in [6, 6.07) is 7.19. The van der Waals surface area contributed by atoms with Crippen molar-refractivity contribution in [2.45, 2.75) is 44.7 Å². The van der Waals surface area contributed by atoms with Crippen molar-refractivity contribution < 1.29 is 4.79 Å². The van der Waals surface area contributed by atoms with Crippen molar-refractivity contribution in [2.24, 2.45) is 0 Å². The third-order valence-corrected chi connectivity index (χ3v) is 7.84. The number of carbonyl (C=O) groups excluding carboxylic acids is 1. The van der Waals surface area contributed by atoms with Crippen molar-refractivity contribution in [3.05, 3.63) is 50.1 Å². The molecule has 5 nitrogen and oxygen atoms in total. The van der Waals surface area contributed by atoms with Gasteiger partial charge in [0.05, 0.1) is 16.8 Å². The highest BCUT2D eigenvalue weighted by molar-refractivity contribution is 7.99. The first-order valence-corrected chi connectivity index (χ1v) is 12.4. The number of thioether (sulfide) groups is 1. The summed E-state index contributed by atoms with van der Waals surface area (Å²) in [6.45, 7) is 5.28. The summed E-state index contributed by atoms with van der Waals surface area (Å²) >= 11 is 9.02. The van der Waals surface area contributed by atoms with E-state index in [9.17, 15) is 9.59 Å². The van der Waals surface area contributed by atoms with Gasteiger partial charge < -0.3 is 4.90 Å². The first-order chi connectivity index (χ1) is 14.5. The molecule has 1 aromatic carbocycles. The molecule has 3 aromatic rings. The molecule has 0 saturated heterocycles. The van der Waals surface area contributed by atoms with E-state index in [1.807, 2.05) is 26.0 Å². The lowest BCUT2D eigenvalue weighted by Gasteiger charge is -2.19. The van der Waals surface area contributed by atoms with Gasteiger partial charge in [-0.15, -0.1) is 11.3 Å². The predicted molar refractivity (Wildman–Crippen MR) is 126 cm³/mol. The first kappa shape index (κ1) is 21.4. The van der Waals surface area contributed by atoms with E-state index < -0.39 is 0 Å². The maximum atomic E-state index is 13.6. The van der Waals surface area contributed by atoms with Crippen molar-refractivity contribution in [3.8, 4) is 5.69 Å². The Balaban J connectivity index is 1.83. The van der Waals surface area contributed by atoms with Gasteiger partial charge in [0.25, 0.3) is 5.56 Å². The lowest BCUT2D eigenvalue weighted by Crippen LogP contribution is -2.32. The topological polar surface area (TPSA) is 55.2 Å². The molecule has 0 unspecified atom stereocenters. The molecular weight excluding hydrogens is 438 g/mol. The Labute approximate surface area is 189 Å². The number of hydrogen-bond donors (Lipinski definition) is 0. The van der Waals surface area contributed by atoms with E-state index in [0.29, 0.717) is 29.0 Å². The Bertz CT molecular complexity index is 1130. The number of thiophene rings is 1. The Morgan fingerprint density at radius 3 is 2.60 bits per heavy atom. The van der Waals surface area contributed by atoms with Gasteiger partial charge in [0, 0.05) is 23.0 Å². The van der Waals surface area contributed by atoms with Crippen LogP contribution in [0.1, 0.15) is 37.1 Å². The van der Waals surface area contributed by atoms with Crippen LogP contribution in [0.5, 0.6) is 0 Å². The van der Waals surface area contributed by atoms with Gasteiger partial charge >= 0.3 is 0 Å². The van der Waals surface area contributed by atoms with Crippen LogP contribution >= 0.6 is 34.7 Å². The highest BCUT2D eigenvalue weighted by Gasteiger charge is 2.23. The highest BCUT2D eigenvalue weighted by atomic mass is 35.5. The number of rotatable bonds is 6. The molecule has 1 aliphatic carbocycles.